The van der Waals surface area contributed by atoms with Crippen molar-refractivity contribution in [2.75, 3.05) is 0 Å². The van der Waals surface area contributed by atoms with Gasteiger partial charge in [-0.2, -0.15) is 5.10 Å². The Morgan fingerprint density at radius 3 is 2.80 bits per heavy atom. The van der Waals surface area contributed by atoms with Gasteiger partial charge in [0.05, 0.1) is 0 Å². The maximum Gasteiger partial charge on any atom is 0.317 e. The molecule has 1 N–H and O–H groups in total. The molecule has 1 aliphatic carbocycles. The van der Waals surface area contributed by atoms with Crippen molar-refractivity contribution in [1.82, 2.24) is 14.8 Å². The summed E-state index contributed by atoms with van der Waals surface area (Å²) >= 11 is 0. The van der Waals surface area contributed by atoms with E-state index in [0.717, 1.165) is 12.8 Å². The van der Waals surface area contributed by atoms with E-state index in [2.05, 4.69) is 10.1 Å². The zero-order valence-electron chi connectivity index (χ0n) is 8.81. The van der Waals surface area contributed by atoms with Crippen molar-refractivity contribution in [2.45, 2.75) is 44.6 Å². The number of carboxylic acids is 1. The van der Waals surface area contributed by atoms with E-state index in [4.69, 9.17) is 0 Å². The Morgan fingerprint density at radius 1 is 1.60 bits per heavy atom. The summed E-state index contributed by atoms with van der Waals surface area (Å²) in [5.41, 5.74) is -0.785. The molecular weight excluding hydrogens is 194 g/mol. The van der Waals surface area contributed by atoms with E-state index < -0.39 is 11.4 Å². The average Bonchev–Trinajstić information content (AvgIpc) is 2.86. The van der Waals surface area contributed by atoms with Gasteiger partial charge in [0.2, 0.25) is 0 Å². The summed E-state index contributed by atoms with van der Waals surface area (Å²) in [7, 11) is 0. The number of nitrogens with zero attached hydrogens (tertiary/aromatic N) is 3. The van der Waals surface area contributed by atoms with Crippen LogP contribution in [0.3, 0.4) is 0 Å². The van der Waals surface area contributed by atoms with Crippen LogP contribution in [0.25, 0.3) is 0 Å². The molecular formula is C10H15N3O2. The second kappa shape index (κ2) is 3.64. The van der Waals surface area contributed by atoms with E-state index in [1.54, 1.807) is 4.68 Å². The van der Waals surface area contributed by atoms with Crippen molar-refractivity contribution >= 4 is 5.97 Å². The van der Waals surface area contributed by atoms with Gasteiger partial charge in [-0.15, -0.1) is 0 Å². The highest BCUT2D eigenvalue weighted by Gasteiger charge is 2.46. The number of rotatable bonds is 3. The Labute approximate surface area is 88.1 Å². The number of hydrogen-bond donors (Lipinski definition) is 1. The fourth-order valence-corrected chi connectivity index (χ4v) is 2.38. The molecule has 1 saturated carbocycles. The molecule has 1 fully saturated rings. The van der Waals surface area contributed by atoms with E-state index in [1.165, 1.54) is 6.33 Å². The first-order valence-electron chi connectivity index (χ1n) is 5.32. The van der Waals surface area contributed by atoms with Crippen LogP contribution in [0, 0.1) is 0 Å². The third-order valence-electron chi connectivity index (χ3n) is 3.21. The predicted molar refractivity (Wildman–Crippen MR) is 53.5 cm³/mol. The van der Waals surface area contributed by atoms with Crippen LogP contribution in [0.2, 0.25) is 0 Å². The fraction of sp³-hybridized carbons (Fsp3) is 0.700. The van der Waals surface area contributed by atoms with Crippen molar-refractivity contribution in [3.05, 3.63) is 12.2 Å². The van der Waals surface area contributed by atoms with Crippen LogP contribution < -0.4 is 0 Å². The summed E-state index contributed by atoms with van der Waals surface area (Å²) in [6, 6.07) is 0. The van der Waals surface area contributed by atoms with Gasteiger partial charge in [-0.05, 0) is 19.8 Å². The molecule has 0 saturated heterocycles. The molecule has 0 aliphatic heterocycles. The minimum atomic E-state index is -0.785. The molecule has 2 rings (SSSR count). The van der Waals surface area contributed by atoms with Gasteiger partial charge >= 0.3 is 5.97 Å². The fourth-order valence-electron chi connectivity index (χ4n) is 2.38. The summed E-state index contributed by atoms with van der Waals surface area (Å²) in [6.45, 7) is 2.62. The van der Waals surface area contributed by atoms with Crippen molar-refractivity contribution in [3.8, 4) is 0 Å². The van der Waals surface area contributed by atoms with Gasteiger partial charge < -0.3 is 5.11 Å². The predicted octanol–water partition coefficient (Wildman–Crippen LogP) is 1.19. The SMILES string of the molecule is CCn1ncnc1C1(C(=O)O)CCCC1. The second-order valence-corrected chi connectivity index (χ2v) is 3.99. The molecule has 15 heavy (non-hydrogen) atoms. The maximum absolute atomic E-state index is 11.4. The van der Waals surface area contributed by atoms with Crippen molar-refractivity contribution in [2.24, 2.45) is 0 Å². The van der Waals surface area contributed by atoms with Gasteiger partial charge in [-0.3, -0.25) is 4.79 Å². The monoisotopic (exact) mass is 209 g/mol. The Kier molecular flexibility index (Phi) is 2.46. The summed E-state index contributed by atoms with van der Waals surface area (Å²) < 4.78 is 1.69. The van der Waals surface area contributed by atoms with E-state index in [1.807, 2.05) is 6.92 Å². The standard InChI is InChI=1S/C10H15N3O2/c1-2-13-8(11-7-12-13)10(9(14)15)5-3-4-6-10/h7H,2-6H2,1H3,(H,14,15). The average molecular weight is 209 g/mol. The van der Waals surface area contributed by atoms with Gasteiger partial charge in [0.25, 0.3) is 0 Å². The van der Waals surface area contributed by atoms with Crippen LogP contribution in [0.4, 0.5) is 0 Å². The number of aromatic nitrogens is 3. The molecule has 82 valence electrons. The van der Waals surface area contributed by atoms with Gasteiger partial charge in [0, 0.05) is 6.54 Å². The molecule has 0 amide bonds. The van der Waals surface area contributed by atoms with Gasteiger partial charge in [-0.25, -0.2) is 9.67 Å². The summed E-state index contributed by atoms with van der Waals surface area (Å²) in [5.74, 6) is -0.141. The molecule has 1 aromatic heterocycles. The van der Waals surface area contributed by atoms with Gasteiger partial charge in [0.15, 0.2) is 0 Å². The second-order valence-electron chi connectivity index (χ2n) is 3.99. The topological polar surface area (TPSA) is 68.0 Å². The quantitative estimate of drug-likeness (QED) is 0.812. The van der Waals surface area contributed by atoms with Crippen LogP contribution in [-0.4, -0.2) is 25.8 Å². The Balaban J connectivity index is 2.45. The summed E-state index contributed by atoms with van der Waals surface area (Å²) in [6.07, 6.45) is 4.73. The number of hydrogen-bond acceptors (Lipinski definition) is 3. The molecule has 5 heteroatoms. The third kappa shape index (κ3) is 1.42. The maximum atomic E-state index is 11.4. The molecule has 1 heterocycles. The first kappa shape index (κ1) is 10.1. The number of aryl methyl sites for hydroxylation is 1. The van der Waals surface area contributed by atoms with Crippen molar-refractivity contribution < 1.29 is 9.90 Å². The first-order valence-corrected chi connectivity index (χ1v) is 5.32. The highest BCUT2D eigenvalue weighted by molar-refractivity contribution is 5.80. The van der Waals surface area contributed by atoms with E-state index in [-0.39, 0.29) is 0 Å². The minimum Gasteiger partial charge on any atom is -0.480 e. The van der Waals surface area contributed by atoms with E-state index in [0.29, 0.717) is 25.2 Å². The molecule has 1 aromatic rings. The van der Waals surface area contributed by atoms with Crippen molar-refractivity contribution in [1.29, 1.82) is 0 Å². The molecule has 0 bridgehead atoms. The lowest BCUT2D eigenvalue weighted by atomic mass is 9.85. The lowest BCUT2D eigenvalue weighted by molar-refractivity contribution is -0.144. The zero-order chi connectivity index (χ0) is 10.9. The van der Waals surface area contributed by atoms with Crippen LogP contribution in [-0.2, 0) is 16.8 Å². The Morgan fingerprint density at radius 2 is 2.27 bits per heavy atom. The van der Waals surface area contributed by atoms with Crippen LogP contribution in [0.15, 0.2) is 6.33 Å². The van der Waals surface area contributed by atoms with Crippen LogP contribution >= 0.6 is 0 Å². The normalized spacial score (nSPS) is 19.3. The van der Waals surface area contributed by atoms with Crippen molar-refractivity contribution in [3.63, 3.8) is 0 Å². The van der Waals surface area contributed by atoms with Crippen LogP contribution in [0.1, 0.15) is 38.4 Å². The molecule has 0 radical (unpaired) electrons. The molecule has 1 aliphatic rings. The number of carboxylic acid groups (broad SMARTS) is 1. The van der Waals surface area contributed by atoms with Gasteiger partial charge in [0.1, 0.15) is 17.6 Å². The lowest BCUT2D eigenvalue weighted by Gasteiger charge is -2.22. The molecule has 0 unspecified atom stereocenters. The Hall–Kier alpha value is -1.39. The molecule has 0 atom stereocenters. The highest BCUT2D eigenvalue weighted by Crippen LogP contribution is 2.40. The molecule has 0 spiro atoms. The molecule has 0 aromatic carbocycles. The highest BCUT2D eigenvalue weighted by atomic mass is 16.4. The third-order valence-corrected chi connectivity index (χ3v) is 3.21. The molecule has 5 nitrogen and oxygen atoms in total. The van der Waals surface area contributed by atoms with Crippen LogP contribution in [0.5, 0.6) is 0 Å². The Bertz CT molecular complexity index is 366. The zero-order valence-corrected chi connectivity index (χ0v) is 8.81. The van der Waals surface area contributed by atoms with E-state index in [9.17, 15) is 9.90 Å². The minimum absolute atomic E-state index is 0.620. The number of carbonyl (C=O) groups is 1. The lowest BCUT2D eigenvalue weighted by Crippen LogP contribution is -2.36. The van der Waals surface area contributed by atoms with Gasteiger partial charge in [-0.1, -0.05) is 12.8 Å². The first-order chi connectivity index (χ1) is 7.20. The largest absolute Gasteiger partial charge is 0.480 e. The smallest absolute Gasteiger partial charge is 0.317 e. The summed E-state index contributed by atoms with van der Waals surface area (Å²) in [4.78, 5) is 15.5. The summed E-state index contributed by atoms with van der Waals surface area (Å²) in [5, 5.41) is 13.4. The van der Waals surface area contributed by atoms with E-state index >= 15 is 0 Å². The number of aliphatic carboxylic acids is 1.